The van der Waals surface area contributed by atoms with Crippen LogP contribution in [0.5, 0.6) is 5.75 Å². The molecule has 1 unspecified atom stereocenters. The lowest BCUT2D eigenvalue weighted by Crippen LogP contribution is -2.34. The Bertz CT molecular complexity index is 1190. The summed E-state index contributed by atoms with van der Waals surface area (Å²) in [5, 5.41) is 2.96. The number of aryl methyl sites for hydroxylation is 1. The van der Waals surface area contributed by atoms with Crippen LogP contribution in [0.4, 0.5) is 5.69 Å². The molecule has 0 saturated heterocycles. The van der Waals surface area contributed by atoms with Crippen molar-refractivity contribution >= 4 is 21.6 Å². The molecular weight excluding hydrogens is 450 g/mol. The van der Waals surface area contributed by atoms with E-state index in [9.17, 15) is 13.2 Å². The van der Waals surface area contributed by atoms with E-state index >= 15 is 0 Å². The van der Waals surface area contributed by atoms with Gasteiger partial charge in [-0.2, -0.15) is 0 Å². The number of likely N-dealkylation sites (N-methyl/N-ethyl adjacent to an activating group) is 1. The van der Waals surface area contributed by atoms with Gasteiger partial charge < -0.3 is 15.0 Å². The van der Waals surface area contributed by atoms with Gasteiger partial charge >= 0.3 is 0 Å². The molecule has 3 rings (SSSR count). The maximum atomic E-state index is 12.7. The van der Waals surface area contributed by atoms with E-state index in [1.54, 1.807) is 31.4 Å². The topological polar surface area (TPSA) is 87.7 Å². The lowest BCUT2D eigenvalue weighted by Gasteiger charge is -2.25. The van der Waals surface area contributed by atoms with E-state index in [-0.39, 0.29) is 16.8 Å². The maximum absolute atomic E-state index is 12.7. The fraction of sp³-hybridized carbons (Fsp3) is 0.269. The number of carbonyl (C=O) groups is 1. The number of hydrogen-bond donors (Lipinski definition) is 2. The second-order valence-corrected chi connectivity index (χ2v) is 9.83. The van der Waals surface area contributed by atoms with E-state index in [1.807, 2.05) is 14.1 Å². The summed E-state index contributed by atoms with van der Waals surface area (Å²) in [5.74, 6) is 0.372. The number of methoxy groups -OCH3 is 1. The highest BCUT2D eigenvalue weighted by Crippen LogP contribution is 2.21. The van der Waals surface area contributed by atoms with Crippen molar-refractivity contribution in [3.8, 4) is 5.75 Å². The van der Waals surface area contributed by atoms with E-state index in [0.717, 1.165) is 12.0 Å². The van der Waals surface area contributed by atoms with Gasteiger partial charge in [0.25, 0.3) is 15.9 Å². The number of nitrogens with one attached hydrogen (secondary N) is 2. The summed E-state index contributed by atoms with van der Waals surface area (Å²) in [4.78, 5) is 14.8. The first kappa shape index (κ1) is 25.3. The molecule has 0 aliphatic heterocycles. The third kappa shape index (κ3) is 6.36. The normalized spacial score (nSPS) is 12.3. The quantitative estimate of drug-likeness (QED) is 0.455. The molecule has 0 saturated carbocycles. The minimum atomic E-state index is -3.78. The molecule has 2 N–H and O–H groups in total. The zero-order chi connectivity index (χ0) is 24.7. The Balaban J connectivity index is 1.65. The molecule has 7 nitrogen and oxygen atoms in total. The average Bonchev–Trinajstić information content (AvgIpc) is 2.84. The summed E-state index contributed by atoms with van der Waals surface area (Å²) in [6, 6.07) is 20.9. The number of sulfonamides is 1. The zero-order valence-electron chi connectivity index (χ0n) is 19.9. The zero-order valence-corrected chi connectivity index (χ0v) is 20.7. The van der Waals surface area contributed by atoms with E-state index < -0.39 is 10.0 Å². The van der Waals surface area contributed by atoms with Crippen LogP contribution in [0.3, 0.4) is 0 Å². The molecule has 0 aliphatic carbocycles. The summed E-state index contributed by atoms with van der Waals surface area (Å²) in [7, 11) is 1.70. The van der Waals surface area contributed by atoms with Crippen molar-refractivity contribution in [2.24, 2.45) is 0 Å². The lowest BCUT2D eigenvalue weighted by atomic mass is 10.0. The highest BCUT2D eigenvalue weighted by Gasteiger charge is 2.18. The minimum absolute atomic E-state index is 0.0169. The van der Waals surface area contributed by atoms with Crippen molar-refractivity contribution in [2.45, 2.75) is 24.3 Å². The number of anilines is 1. The molecule has 0 bridgehead atoms. The van der Waals surface area contributed by atoms with Crippen LogP contribution in [0.25, 0.3) is 0 Å². The number of ether oxygens (including phenoxy) is 1. The third-order valence-corrected chi connectivity index (χ3v) is 7.02. The van der Waals surface area contributed by atoms with Gasteiger partial charge in [0.2, 0.25) is 0 Å². The Hall–Kier alpha value is -3.36. The minimum Gasteiger partial charge on any atom is -0.497 e. The third-order valence-electron chi connectivity index (χ3n) is 5.62. The average molecular weight is 482 g/mol. The van der Waals surface area contributed by atoms with Crippen molar-refractivity contribution in [1.82, 2.24) is 10.2 Å². The fourth-order valence-corrected chi connectivity index (χ4v) is 4.58. The first-order valence-corrected chi connectivity index (χ1v) is 12.5. The second kappa shape index (κ2) is 11.2. The number of benzene rings is 3. The highest BCUT2D eigenvalue weighted by molar-refractivity contribution is 7.92. The first-order chi connectivity index (χ1) is 16.2. The van der Waals surface area contributed by atoms with Gasteiger partial charge in [-0.1, -0.05) is 31.2 Å². The SMILES string of the molecule is CCc1ccc(C(CNC(=O)c2ccc(S(=O)(=O)Nc3ccc(OC)cc3)cc2)N(C)C)cc1. The van der Waals surface area contributed by atoms with Crippen LogP contribution in [0.15, 0.2) is 77.7 Å². The molecule has 3 aromatic carbocycles. The molecule has 0 aliphatic rings. The van der Waals surface area contributed by atoms with Crippen LogP contribution >= 0.6 is 0 Å². The Kier molecular flexibility index (Phi) is 8.31. The largest absolute Gasteiger partial charge is 0.497 e. The van der Waals surface area contributed by atoms with Crippen molar-refractivity contribution in [2.75, 3.05) is 32.5 Å². The molecule has 34 heavy (non-hydrogen) atoms. The van der Waals surface area contributed by atoms with E-state index in [4.69, 9.17) is 4.74 Å². The molecule has 180 valence electrons. The lowest BCUT2D eigenvalue weighted by molar-refractivity contribution is 0.0942. The van der Waals surface area contributed by atoms with Gasteiger partial charge in [-0.3, -0.25) is 9.52 Å². The Morgan fingerprint density at radius 1 is 0.941 bits per heavy atom. The first-order valence-electron chi connectivity index (χ1n) is 11.0. The molecule has 8 heteroatoms. The predicted octanol–water partition coefficient (Wildman–Crippen LogP) is 4.09. The summed E-state index contributed by atoms with van der Waals surface area (Å²) >= 11 is 0. The highest BCUT2D eigenvalue weighted by atomic mass is 32.2. The van der Waals surface area contributed by atoms with E-state index in [1.165, 1.54) is 29.8 Å². The Labute approximate surface area is 201 Å². The van der Waals surface area contributed by atoms with E-state index in [0.29, 0.717) is 23.5 Å². The number of nitrogens with zero attached hydrogens (tertiary/aromatic N) is 1. The van der Waals surface area contributed by atoms with Crippen LogP contribution in [0.2, 0.25) is 0 Å². The van der Waals surface area contributed by atoms with Gasteiger partial charge in [0.1, 0.15) is 5.75 Å². The van der Waals surface area contributed by atoms with Gasteiger partial charge in [-0.25, -0.2) is 8.42 Å². The smallest absolute Gasteiger partial charge is 0.261 e. The Morgan fingerprint density at radius 3 is 2.09 bits per heavy atom. The molecule has 1 atom stereocenters. The maximum Gasteiger partial charge on any atom is 0.261 e. The van der Waals surface area contributed by atoms with Crippen LogP contribution in [0, 0.1) is 0 Å². The van der Waals surface area contributed by atoms with Gasteiger partial charge in [0, 0.05) is 17.8 Å². The van der Waals surface area contributed by atoms with Crippen LogP contribution in [-0.2, 0) is 16.4 Å². The number of rotatable bonds is 10. The standard InChI is InChI=1S/C26H31N3O4S/c1-5-19-6-8-20(9-7-19)25(29(2)3)18-27-26(30)21-10-16-24(17-11-21)34(31,32)28-22-12-14-23(33-4)15-13-22/h6-17,25,28H,5,18H2,1-4H3,(H,27,30). The monoisotopic (exact) mass is 481 g/mol. The molecule has 0 aromatic heterocycles. The summed E-state index contributed by atoms with van der Waals surface area (Å²) in [6.45, 7) is 2.54. The van der Waals surface area contributed by atoms with Crippen molar-refractivity contribution in [1.29, 1.82) is 0 Å². The van der Waals surface area contributed by atoms with Gasteiger partial charge in [-0.05, 0) is 80.2 Å². The summed E-state index contributed by atoms with van der Waals surface area (Å²) in [5.41, 5.74) is 3.20. The van der Waals surface area contributed by atoms with Crippen molar-refractivity contribution in [3.05, 3.63) is 89.5 Å². The fourth-order valence-electron chi connectivity index (χ4n) is 3.52. The van der Waals surface area contributed by atoms with Gasteiger partial charge in [0.05, 0.1) is 18.0 Å². The predicted molar refractivity (Wildman–Crippen MR) is 135 cm³/mol. The van der Waals surface area contributed by atoms with Crippen molar-refractivity contribution in [3.63, 3.8) is 0 Å². The second-order valence-electron chi connectivity index (χ2n) is 8.14. The summed E-state index contributed by atoms with van der Waals surface area (Å²) in [6.07, 6.45) is 0.977. The number of amides is 1. The molecule has 3 aromatic rings. The number of carbonyl (C=O) groups excluding carboxylic acids is 1. The summed E-state index contributed by atoms with van der Waals surface area (Å²) < 4.78 is 33.0. The van der Waals surface area contributed by atoms with Gasteiger partial charge in [0.15, 0.2) is 0 Å². The van der Waals surface area contributed by atoms with Crippen LogP contribution in [-0.4, -0.2) is 47.0 Å². The van der Waals surface area contributed by atoms with Crippen LogP contribution in [0.1, 0.15) is 34.5 Å². The van der Waals surface area contributed by atoms with Gasteiger partial charge in [-0.15, -0.1) is 0 Å². The molecule has 1 amide bonds. The molecule has 0 radical (unpaired) electrons. The van der Waals surface area contributed by atoms with Crippen molar-refractivity contribution < 1.29 is 17.9 Å². The molecule has 0 heterocycles. The molecule has 0 fully saturated rings. The van der Waals surface area contributed by atoms with E-state index in [2.05, 4.69) is 46.1 Å². The molecular formula is C26H31N3O4S. The Morgan fingerprint density at radius 2 is 1.56 bits per heavy atom. The van der Waals surface area contributed by atoms with Crippen LogP contribution < -0.4 is 14.8 Å². The molecule has 0 spiro atoms. The number of hydrogen-bond acceptors (Lipinski definition) is 5.